The van der Waals surface area contributed by atoms with Gasteiger partial charge in [-0.15, -0.1) is 12.6 Å². The first-order valence-electron chi connectivity index (χ1n) is 5.53. The lowest BCUT2D eigenvalue weighted by atomic mass is 10.1. The molecule has 1 N–H and O–H groups in total. The maximum atomic E-state index is 13.5. The number of aryl methyl sites for hydroxylation is 1. The number of carbonyl (C=O) groups excluding carboxylic acids is 1. The van der Waals surface area contributed by atoms with Crippen LogP contribution in [0.4, 0.5) is 14.5 Å². The Morgan fingerprint density at radius 3 is 2.37 bits per heavy atom. The van der Waals surface area contributed by atoms with Crippen LogP contribution in [-0.4, -0.2) is 5.91 Å². The molecule has 0 aliphatic rings. The molecule has 2 aromatic rings. The second-order valence-electron chi connectivity index (χ2n) is 4.10. The summed E-state index contributed by atoms with van der Waals surface area (Å²) in [5.41, 5.74) is 1.18. The lowest BCUT2D eigenvalue weighted by Gasteiger charge is -2.08. The Morgan fingerprint density at radius 1 is 1.11 bits per heavy atom. The molecule has 19 heavy (non-hydrogen) atoms. The first-order valence-corrected chi connectivity index (χ1v) is 5.98. The van der Waals surface area contributed by atoms with Crippen molar-refractivity contribution in [2.75, 3.05) is 5.32 Å². The van der Waals surface area contributed by atoms with E-state index in [0.29, 0.717) is 5.56 Å². The summed E-state index contributed by atoms with van der Waals surface area (Å²) in [6, 6.07) is 8.59. The lowest BCUT2D eigenvalue weighted by molar-refractivity contribution is 0.102. The zero-order chi connectivity index (χ0) is 14.0. The third kappa shape index (κ3) is 3.12. The minimum absolute atomic E-state index is 0.106. The molecule has 2 rings (SSSR count). The molecule has 0 heterocycles. The summed E-state index contributed by atoms with van der Waals surface area (Å²) in [4.78, 5) is 11.7. The summed E-state index contributed by atoms with van der Waals surface area (Å²) in [5.74, 6) is -1.92. The number of hydrogen-bond donors (Lipinski definition) is 2. The fourth-order valence-electron chi connectivity index (χ4n) is 1.53. The average molecular weight is 279 g/mol. The Bertz CT molecular complexity index is 626. The highest BCUT2D eigenvalue weighted by Gasteiger charge is 2.12. The number of rotatable bonds is 2. The fraction of sp³-hybridized carbons (Fsp3) is 0.0714. The summed E-state index contributed by atoms with van der Waals surface area (Å²) < 4.78 is 26.8. The van der Waals surface area contributed by atoms with Gasteiger partial charge in [-0.3, -0.25) is 4.79 Å². The van der Waals surface area contributed by atoms with Gasteiger partial charge in [0, 0.05) is 16.5 Å². The number of hydrogen-bond acceptors (Lipinski definition) is 2. The predicted octanol–water partition coefficient (Wildman–Crippen LogP) is 3.81. The molecule has 0 fully saturated rings. The second kappa shape index (κ2) is 5.40. The molecule has 0 aromatic heterocycles. The van der Waals surface area contributed by atoms with Gasteiger partial charge < -0.3 is 5.32 Å². The van der Waals surface area contributed by atoms with Crippen molar-refractivity contribution in [3.8, 4) is 0 Å². The van der Waals surface area contributed by atoms with E-state index in [4.69, 9.17) is 0 Å². The van der Waals surface area contributed by atoms with Gasteiger partial charge in [-0.2, -0.15) is 0 Å². The molecule has 5 heteroatoms. The van der Waals surface area contributed by atoms with E-state index in [9.17, 15) is 13.6 Å². The van der Waals surface area contributed by atoms with Gasteiger partial charge in [-0.05, 0) is 25.1 Å². The number of carbonyl (C=O) groups is 1. The van der Waals surface area contributed by atoms with Crippen molar-refractivity contribution in [2.24, 2.45) is 0 Å². The first-order chi connectivity index (χ1) is 8.97. The van der Waals surface area contributed by atoms with Crippen LogP contribution < -0.4 is 5.32 Å². The van der Waals surface area contributed by atoms with Gasteiger partial charge in [-0.1, -0.05) is 17.7 Å². The summed E-state index contributed by atoms with van der Waals surface area (Å²) in [6.07, 6.45) is 0. The molecule has 0 radical (unpaired) electrons. The van der Waals surface area contributed by atoms with Crippen LogP contribution in [0.2, 0.25) is 0 Å². The zero-order valence-electron chi connectivity index (χ0n) is 10.1. The minimum atomic E-state index is -0.730. The highest BCUT2D eigenvalue weighted by atomic mass is 32.1. The number of thiol groups is 1. The van der Waals surface area contributed by atoms with Crippen molar-refractivity contribution < 1.29 is 13.6 Å². The van der Waals surface area contributed by atoms with Gasteiger partial charge in [0.25, 0.3) is 5.91 Å². The quantitative estimate of drug-likeness (QED) is 0.804. The molecule has 0 spiro atoms. The van der Waals surface area contributed by atoms with Crippen LogP contribution in [0.5, 0.6) is 0 Å². The molecule has 0 unspecified atom stereocenters. The summed E-state index contributed by atoms with van der Waals surface area (Å²) >= 11 is 3.76. The van der Waals surface area contributed by atoms with E-state index in [2.05, 4.69) is 17.9 Å². The Hall–Kier alpha value is -1.88. The molecule has 1 amide bonds. The molecular weight excluding hydrogens is 268 g/mol. The summed E-state index contributed by atoms with van der Waals surface area (Å²) in [6.45, 7) is 1.89. The molecule has 0 saturated heterocycles. The predicted molar refractivity (Wildman–Crippen MR) is 72.7 cm³/mol. The van der Waals surface area contributed by atoms with Crippen LogP contribution in [0.3, 0.4) is 0 Å². The molecule has 0 aliphatic heterocycles. The third-order valence-corrected chi connectivity index (χ3v) is 2.94. The Labute approximate surface area is 114 Å². The molecule has 98 valence electrons. The van der Waals surface area contributed by atoms with Crippen LogP contribution >= 0.6 is 12.6 Å². The third-order valence-electron chi connectivity index (χ3n) is 2.60. The lowest BCUT2D eigenvalue weighted by Crippen LogP contribution is -2.13. The monoisotopic (exact) mass is 279 g/mol. The largest absolute Gasteiger partial charge is 0.319 e. The smallest absolute Gasteiger partial charge is 0.255 e. The van der Waals surface area contributed by atoms with E-state index in [1.54, 1.807) is 24.3 Å². The Balaban J connectivity index is 2.24. The van der Waals surface area contributed by atoms with Crippen molar-refractivity contribution in [2.45, 2.75) is 11.8 Å². The molecule has 0 atom stereocenters. The van der Waals surface area contributed by atoms with Crippen molar-refractivity contribution in [1.29, 1.82) is 0 Å². The minimum Gasteiger partial charge on any atom is -0.319 e. The standard InChI is InChI=1S/C14H11F2NOS/c1-8-2-4-9(5-3-8)14(18)17-12-6-11(16)13(19)7-10(12)15/h2-7,19H,1H3,(H,17,18). The SMILES string of the molecule is Cc1ccc(C(=O)Nc2cc(F)c(S)cc2F)cc1. The van der Waals surface area contributed by atoms with Crippen molar-refractivity contribution >= 4 is 24.2 Å². The van der Waals surface area contributed by atoms with Crippen molar-refractivity contribution in [3.05, 3.63) is 59.2 Å². The summed E-state index contributed by atoms with van der Waals surface area (Å²) in [5, 5.41) is 2.33. The van der Waals surface area contributed by atoms with Crippen LogP contribution in [0.25, 0.3) is 0 Å². The van der Waals surface area contributed by atoms with E-state index < -0.39 is 17.5 Å². The van der Waals surface area contributed by atoms with Gasteiger partial charge >= 0.3 is 0 Å². The number of nitrogens with one attached hydrogen (secondary N) is 1. The van der Waals surface area contributed by atoms with Crippen molar-refractivity contribution in [3.63, 3.8) is 0 Å². The highest BCUT2D eigenvalue weighted by Crippen LogP contribution is 2.22. The van der Waals surface area contributed by atoms with Crippen LogP contribution in [0.15, 0.2) is 41.3 Å². The highest BCUT2D eigenvalue weighted by molar-refractivity contribution is 7.80. The van der Waals surface area contributed by atoms with Crippen LogP contribution in [0, 0.1) is 18.6 Å². The van der Waals surface area contributed by atoms with E-state index in [1.807, 2.05) is 6.92 Å². The van der Waals surface area contributed by atoms with Gasteiger partial charge in [0.15, 0.2) is 0 Å². The molecular formula is C14H11F2NOS. The summed E-state index contributed by atoms with van der Waals surface area (Å²) in [7, 11) is 0. The molecule has 0 saturated carbocycles. The normalized spacial score (nSPS) is 10.3. The van der Waals surface area contributed by atoms with E-state index >= 15 is 0 Å². The van der Waals surface area contributed by atoms with E-state index in [0.717, 1.165) is 17.7 Å². The molecule has 2 nitrogen and oxygen atoms in total. The fourth-order valence-corrected chi connectivity index (χ4v) is 1.71. The zero-order valence-corrected chi connectivity index (χ0v) is 11.0. The maximum absolute atomic E-state index is 13.5. The molecule has 0 bridgehead atoms. The van der Waals surface area contributed by atoms with Gasteiger partial charge in [0.1, 0.15) is 11.6 Å². The van der Waals surface area contributed by atoms with E-state index in [-0.39, 0.29) is 10.6 Å². The molecule has 2 aromatic carbocycles. The van der Waals surface area contributed by atoms with Gasteiger partial charge in [0.05, 0.1) is 5.69 Å². The molecule has 0 aliphatic carbocycles. The Morgan fingerprint density at radius 2 is 1.74 bits per heavy atom. The number of amides is 1. The van der Waals surface area contributed by atoms with E-state index in [1.165, 1.54) is 0 Å². The van der Waals surface area contributed by atoms with Gasteiger partial charge in [0.2, 0.25) is 0 Å². The van der Waals surface area contributed by atoms with Crippen molar-refractivity contribution in [1.82, 2.24) is 0 Å². The van der Waals surface area contributed by atoms with Crippen LogP contribution in [0.1, 0.15) is 15.9 Å². The number of benzene rings is 2. The average Bonchev–Trinajstić information content (AvgIpc) is 2.36. The van der Waals surface area contributed by atoms with Gasteiger partial charge in [-0.25, -0.2) is 8.78 Å². The first kappa shape index (κ1) is 13.5. The number of anilines is 1. The number of halogens is 2. The Kier molecular flexibility index (Phi) is 3.85. The second-order valence-corrected chi connectivity index (χ2v) is 4.59. The van der Waals surface area contributed by atoms with Crippen LogP contribution in [-0.2, 0) is 0 Å². The maximum Gasteiger partial charge on any atom is 0.255 e. The topological polar surface area (TPSA) is 29.1 Å².